The molecule has 3 amide bonds. The van der Waals surface area contributed by atoms with Crippen LogP contribution >= 0.6 is 12.2 Å². The summed E-state index contributed by atoms with van der Waals surface area (Å²) in [5, 5.41) is 7.56. The van der Waals surface area contributed by atoms with Gasteiger partial charge in [-0.05, 0) is 67.0 Å². The molecule has 1 heterocycles. The molecule has 0 radical (unpaired) electrons. The fourth-order valence-electron chi connectivity index (χ4n) is 2.64. The second-order valence-corrected chi connectivity index (χ2v) is 6.93. The van der Waals surface area contributed by atoms with E-state index in [0.717, 1.165) is 16.8 Å². The lowest BCUT2D eigenvalue weighted by molar-refractivity contribution is -0.123. The molecule has 1 aliphatic heterocycles. The molecule has 7 nitrogen and oxygen atoms in total. The van der Waals surface area contributed by atoms with Gasteiger partial charge >= 0.3 is 0 Å². The van der Waals surface area contributed by atoms with E-state index in [0.29, 0.717) is 11.3 Å². The van der Waals surface area contributed by atoms with E-state index in [1.165, 1.54) is 6.08 Å². The largest absolute Gasteiger partial charge is 0.484 e. The number of ether oxygens (including phenoxy) is 1. The highest BCUT2D eigenvalue weighted by Gasteiger charge is 2.25. The minimum absolute atomic E-state index is 0.0139. The number of hydrogen-bond acceptors (Lipinski definition) is 5. The van der Waals surface area contributed by atoms with Crippen LogP contribution in [0.25, 0.3) is 6.08 Å². The first-order valence-corrected chi connectivity index (χ1v) is 9.21. The number of benzene rings is 2. The average molecular weight is 409 g/mol. The van der Waals surface area contributed by atoms with Crippen LogP contribution in [0.3, 0.4) is 0 Å². The minimum atomic E-state index is -0.554. The number of thiocarbonyl (C=S) groups is 1. The molecule has 0 aliphatic carbocycles. The predicted molar refractivity (Wildman–Crippen MR) is 113 cm³/mol. The third-order valence-electron chi connectivity index (χ3n) is 4.17. The van der Waals surface area contributed by atoms with E-state index in [4.69, 9.17) is 17.0 Å². The molecule has 0 bridgehead atoms. The number of nitrogens with one attached hydrogen (secondary N) is 3. The quantitative estimate of drug-likeness (QED) is 0.400. The molecule has 1 aliphatic rings. The molecule has 0 unspecified atom stereocenters. The summed E-state index contributed by atoms with van der Waals surface area (Å²) in [6, 6.07) is 12.5. The summed E-state index contributed by atoms with van der Waals surface area (Å²) in [7, 11) is 0. The van der Waals surface area contributed by atoms with E-state index in [1.54, 1.807) is 24.3 Å². The number of anilines is 1. The topological polar surface area (TPSA) is 96.5 Å². The van der Waals surface area contributed by atoms with Crippen LogP contribution in [0.1, 0.15) is 16.7 Å². The maximum absolute atomic E-state index is 12.1. The van der Waals surface area contributed by atoms with Crippen LogP contribution in [0.2, 0.25) is 0 Å². The average Bonchev–Trinajstić information content (AvgIpc) is 2.67. The highest BCUT2D eigenvalue weighted by atomic mass is 32.1. The Labute approximate surface area is 173 Å². The maximum Gasteiger partial charge on any atom is 0.263 e. The molecule has 0 saturated carbocycles. The van der Waals surface area contributed by atoms with Crippen LogP contribution in [-0.2, 0) is 14.4 Å². The van der Waals surface area contributed by atoms with E-state index in [-0.39, 0.29) is 23.2 Å². The van der Waals surface area contributed by atoms with Crippen LogP contribution < -0.4 is 20.7 Å². The zero-order chi connectivity index (χ0) is 21.0. The molecule has 2 aromatic rings. The lowest BCUT2D eigenvalue weighted by atomic mass is 10.1. The first-order valence-electron chi connectivity index (χ1n) is 8.80. The monoisotopic (exact) mass is 409 g/mol. The normalized spacial score (nSPS) is 13.4. The summed E-state index contributed by atoms with van der Waals surface area (Å²) < 4.78 is 5.50. The Hall–Kier alpha value is -3.52. The SMILES string of the molecule is Cc1ccc(C)c(NC(=O)COc2ccc(C=C3C(=O)NC(=S)NC3=O)cc2)c1. The van der Waals surface area contributed by atoms with Gasteiger partial charge < -0.3 is 10.1 Å². The van der Waals surface area contributed by atoms with Gasteiger partial charge in [-0.25, -0.2) is 0 Å². The number of amides is 3. The van der Waals surface area contributed by atoms with Crippen molar-refractivity contribution in [3.63, 3.8) is 0 Å². The van der Waals surface area contributed by atoms with Crippen molar-refractivity contribution in [1.82, 2.24) is 10.6 Å². The van der Waals surface area contributed by atoms with Gasteiger partial charge in [0.1, 0.15) is 11.3 Å². The Kier molecular flexibility index (Phi) is 6.04. The Morgan fingerprint density at radius 1 is 1.07 bits per heavy atom. The number of carbonyl (C=O) groups is 3. The number of carbonyl (C=O) groups excluding carboxylic acids is 3. The maximum atomic E-state index is 12.1. The van der Waals surface area contributed by atoms with Crippen molar-refractivity contribution in [1.29, 1.82) is 0 Å². The molecule has 0 aromatic heterocycles. The van der Waals surface area contributed by atoms with Crippen LogP contribution in [0.4, 0.5) is 5.69 Å². The van der Waals surface area contributed by atoms with Crippen LogP contribution in [0, 0.1) is 13.8 Å². The molecule has 1 saturated heterocycles. The molecule has 0 atom stereocenters. The summed E-state index contributed by atoms with van der Waals surface area (Å²) in [4.78, 5) is 35.9. The van der Waals surface area contributed by atoms with Crippen molar-refractivity contribution in [2.75, 3.05) is 11.9 Å². The number of hydrogen-bond donors (Lipinski definition) is 3. The van der Waals surface area contributed by atoms with E-state index < -0.39 is 11.8 Å². The van der Waals surface area contributed by atoms with Crippen molar-refractivity contribution in [2.24, 2.45) is 0 Å². The lowest BCUT2D eigenvalue weighted by Crippen LogP contribution is -2.51. The Morgan fingerprint density at radius 2 is 1.72 bits per heavy atom. The fourth-order valence-corrected chi connectivity index (χ4v) is 2.82. The highest BCUT2D eigenvalue weighted by Crippen LogP contribution is 2.18. The van der Waals surface area contributed by atoms with Gasteiger partial charge in [0.05, 0.1) is 0 Å². The van der Waals surface area contributed by atoms with E-state index >= 15 is 0 Å². The molecular weight excluding hydrogens is 390 g/mol. The highest BCUT2D eigenvalue weighted by molar-refractivity contribution is 7.80. The molecule has 0 spiro atoms. The van der Waals surface area contributed by atoms with Gasteiger partial charge in [0.2, 0.25) is 0 Å². The van der Waals surface area contributed by atoms with Crippen molar-refractivity contribution >= 4 is 46.8 Å². The van der Waals surface area contributed by atoms with Gasteiger partial charge in [-0.1, -0.05) is 24.3 Å². The number of aryl methyl sites for hydroxylation is 2. The molecule has 3 N–H and O–H groups in total. The standard InChI is InChI=1S/C21H19N3O4S/c1-12-3-4-13(2)17(9-12)22-18(25)11-28-15-7-5-14(6-8-15)10-16-19(26)23-21(29)24-20(16)27/h3-10H,11H2,1-2H3,(H,22,25)(H2,23,24,26,27,29). The smallest absolute Gasteiger partial charge is 0.263 e. The molecule has 148 valence electrons. The second kappa shape index (κ2) is 8.66. The lowest BCUT2D eigenvalue weighted by Gasteiger charge is -2.16. The molecule has 8 heteroatoms. The molecule has 3 rings (SSSR count). The van der Waals surface area contributed by atoms with Gasteiger partial charge in [-0.3, -0.25) is 25.0 Å². The third kappa shape index (κ3) is 5.26. The van der Waals surface area contributed by atoms with Gasteiger partial charge in [0, 0.05) is 5.69 Å². The Morgan fingerprint density at radius 3 is 2.38 bits per heavy atom. The summed E-state index contributed by atoms with van der Waals surface area (Å²) in [6.07, 6.45) is 1.45. The van der Waals surface area contributed by atoms with Gasteiger partial charge in [0.25, 0.3) is 17.7 Å². The number of rotatable bonds is 5. The molecule has 1 fully saturated rings. The van der Waals surface area contributed by atoms with Crippen molar-refractivity contribution < 1.29 is 19.1 Å². The molecule has 2 aromatic carbocycles. The summed E-state index contributed by atoms with van der Waals surface area (Å²) in [5.41, 5.74) is 3.37. The van der Waals surface area contributed by atoms with Crippen molar-refractivity contribution in [3.05, 3.63) is 64.7 Å². The van der Waals surface area contributed by atoms with Crippen molar-refractivity contribution in [2.45, 2.75) is 13.8 Å². The van der Waals surface area contributed by atoms with Crippen molar-refractivity contribution in [3.8, 4) is 5.75 Å². The van der Waals surface area contributed by atoms with Crippen LogP contribution in [-0.4, -0.2) is 29.4 Å². The Bertz CT molecular complexity index is 1010. The van der Waals surface area contributed by atoms with E-state index in [2.05, 4.69) is 16.0 Å². The predicted octanol–water partition coefficient (Wildman–Crippen LogP) is 2.24. The molecule has 29 heavy (non-hydrogen) atoms. The summed E-state index contributed by atoms with van der Waals surface area (Å²) >= 11 is 4.76. The van der Waals surface area contributed by atoms with Gasteiger partial charge in [-0.15, -0.1) is 0 Å². The summed E-state index contributed by atoms with van der Waals surface area (Å²) in [5.74, 6) is -0.886. The summed E-state index contributed by atoms with van der Waals surface area (Å²) in [6.45, 7) is 3.73. The minimum Gasteiger partial charge on any atom is -0.484 e. The first-order chi connectivity index (χ1) is 13.8. The third-order valence-corrected chi connectivity index (χ3v) is 4.38. The van der Waals surface area contributed by atoms with E-state index in [1.807, 2.05) is 32.0 Å². The van der Waals surface area contributed by atoms with E-state index in [9.17, 15) is 14.4 Å². The molecular formula is C21H19N3O4S. The van der Waals surface area contributed by atoms with Gasteiger partial charge in [0.15, 0.2) is 11.7 Å². The zero-order valence-electron chi connectivity index (χ0n) is 15.9. The Balaban J connectivity index is 1.59. The zero-order valence-corrected chi connectivity index (χ0v) is 16.7. The van der Waals surface area contributed by atoms with Gasteiger partial charge in [-0.2, -0.15) is 0 Å². The fraction of sp³-hybridized carbons (Fsp3) is 0.143. The first kappa shape index (κ1) is 20.2. The van der Waals surface area contributed by atoms with Crippen LogP contribution in [0.5, 0.6) is 5.75 Å². The second-order valence-electron chi connectivity index (χ2n) is 6.52. The van der Waals surface area contributed by atoms with Crippen LogP contribution in [0.15, 0.2) is 48.0 Å².